The minimum atomic E-state index is -1.79. The summed E-state index contributed by atoms with van der Waals surface area (Å²) in [4.78, 5) is 0. The van der Waals surface area contributed by atoms with Crippen molar-refractivity contribution in [1.29, 1.82) is 0 Å². The number of benzene rings is 10. The maximum atomic E-state index is 9.12. The van der Waals surface area contributed by atoms with Crippen LogP contribution in [-0.2, 0) is 0 Å². The van der Waals surface area contributed by atoms with E-state index in [0.29, 0.717) is 5.56 Å². The van der Waals surface area contributed by atoms with E-state index >= 15 is 0 Å². The van der Waals surface area contributed by atoms with E-state index in [1.807, 2.05) is 18.2 Å². The van der Waals surface area contributed by atoms with Gasteiger partial charge in [0, 0.05) is 10.8 Å². The van der Waals surface area contributed by atoms with Crippen molar-refractivity contribution in [3.8, 4) is 55.6 Å². The van der Waals surface area contributed by atoms with Gasteiger partial charge in [-0.25, -0.2) is 0 Å². The molecule has 10 aromatic carbocycles. The van der Waals surface area contributed by atoms with Crippen LogP contribution in [0.25, 0.3) is 110 Å². The molecule has 0 aliphatic carbocycles. The van der Waals surface area contributed by atoms with E-state index in [1.54, 1.807) is 0 Å². The lowest BCUT2D eigenvalue weighted by molar-refractivity contribution is 0.669. The quantitative estimate of drug-likeness (QED) is 0.121. The first-order chi connectivity index (χ1) is 31.8. The summed E-state index contributed by atoms with van der Waals surface area (Å²) in [7, 11) is -1.79. The Morgan fingerprint density at radius 3 is 1.68 bits per heavy atom. The lowest BCUT2D eigenvalue weighted by atomic mass is 9.81. The SMILES string of the molecule is [2H]c1c([2H])c([2H])c2c(oc3c([2H])c([2H])c([2H])c(-c4ccc5cc(-c6c7ccccc7c(-c7c(-c8ccccc8)cccc7-c7ccccc7)c7ccc([Si](C)(C)C)cc67)ccc5c4)c32)c1[2H]. The van der Waals surface area contributed by atoms with Gasteiger partial charge in [0.15, 0.2) is 0 Å². The molecule has 2 heteroatoms. The molecule has 0 atom stereocenters. The van der Waals surface area contributed by atoms with Gasteiger partial charge in [-0.1, -0.05) is 201 Å². The van der Waals surface area contributed by atoms with E-state index in [0.717, 1.165) is 43.8 Å². The van der Waals surface area contributed by atoms with Crippen LogP contribution in [0, 0.1) is 0 Å². The van der Waals surface area contributed by atoms with Crippen molar-refractivity contribution < 1.29 is 14.0 Å². The van der Waals surface area contributed by atoms with Crippen molar-refractivity contribution in [3.05, 3.63) is 200 Å². The number of furan rings is 1. The number of rotatable bonds is 6. The molecule has 0 aliphatic heterocycles. The van der Waals surface area contributed by atoms with Gasteiger partial charge >= 0.3 is 0 Å². The third-order valence-electron chi connectivity index (χ3n) is 11.7. The Bertz CT molecular complexity index is 3760. The minimum Gasteiger partial charge on any atom is -0.456 e. The van der Waals surface area contributed by atoms with Crippen LogP contribution in [-0.4, -0.2) is 8.07 Å². The van der Waals surface area contributed by atoms with Gasteiger partial charge in [0.05, 0.1) is 17.7 Å². The predicted octanol–water partition coefficient (Wildman–Crippen LogP) is 15.9. The van der Waals surface area contributed by atoms with E-state index in [4.69, 9.17) is 14.0 Å². The molecule has 11 rings (SSSR count). The normalized spacial score (nSPS) is 13.6. The zero-order chi connectivity index (χ0) is 45.8. The number of para-hydroxylation sites is 1. The van der Waals surface area contributed by atoms with Crippen LogP contribution in [0.3, 0.4) is 0 Å². The molecule has 280 valence electrons. The standard InChI is InChI=1S/C57H42OSi/c1-59(2,3)43-32-33-49-51(36-43)54(42-31-29-39-34-41(30-28-40(39)35-42)46-25-15-27-53-55(46)50-22-12-13-26-52(50)58-53)47-20-10-11-21-48(47)57(49)56-44(37-16-6-4-7-17-37)23-14-24-45(56)38-18-8-5-9-19-38/h4-36H,1-3H3/i12D,13D,15D,22D,25D,26D,27D. The van der Waals surface area contributed by atoms with Crippen LogP contribution < -0.4 is 5.19 Å². The lowest BCUT2D eigenvalue weighted by Gasteiger charge is -2.24. The highest BCUT2D eigenvalue weighted by Gasteiger charge is 2.24. The van der Waals surface area contributed by atoms with E-state index in [-0.39, 0.29) is 57.7 Å². The minimum absolute atomic E-state index is 0.0365. The maximum Gasteiger partial charge on any atom is 0.136 e. The molecular formula is C57H42OSi. The zero-order valence-corrected chi connectivity index (χ0v) is 33.9. The smallest absolute Gasteiger partial charge is 0.136 e. The second-order valence-electron chi connectivity index (χ2n) is 16.3. The molecule has 0 bridgehead atoms. The fourth-order valence-corrected chi connectivity index (χ4v) is 10.1. The molecule has 59 heavy (non-hydrogen) atoms. The molecule has 0 fully saturated rings. The second kappa shape index (κ2) is 13.8. The highest BCUT2D eigenvalue weighted by molar-refractivity contribution is 6.88. The largest absolute Gasteiger partial charge is 0.456 e. The lowest BCUT2D eigenvalue weighted by Crippen LogP contribution is -2.37. The van der Waals surface area contributed by atoms with E-state index in [1.165, 1.54) is 38.2 Å². The summed E-state index contributed by atoms with van der Waals surface area (Å²) in [6.07, 6.45) is 0. The van der Waals surface area contributed by atoms with Crippen molar-refractivity contribution in [1.82, 2.24) is 0 Å². The van der Waals surface area contributed by atoms with Gasteiger partial charge in [0.25, 0.3) is 0 Å². The first kappa shape index (κ1) is 28.4. The van der Waals surface area contributed by atoms with E-state index in [9.17, 15) is 0 Å². The molecule has 1 aromatic heterocycles. The number of hydrogen-bond donors (Lipinski definition) is 0. The van der Waals surface area contributed by atoms with Crippen LogP contribution in [0.1, 0.15) is 9.60 Å². The summed E-state index contributed by atoms with van der Waals surface area (Å²) in [5, 5.41) is 8.19. The topological polar surface area (TPSA) is 13.1 Å². The molecule has 1 heterocycles. The van der Waals surface area contributed by atoms with Crippen LogP contribution >= 0.6 is 0 Å². The first-order valence-corrected chi connectivity index (χ1v) is 23.5. The Morgan fingerprint density at radius 1 is 0.390 bits per heavy atom. The molecule has 1 nitrogen and oxygen atoms in total. The molecule has 0 saturated heterocycles. The van der Waals surface area contributed by atoms with Crippen molar-refractivity contribution in [2.75, 3.05) is 0 Å². The van der Waals surface area contributed by atoms with Crippen LogP contribution in [0.15, 0.2) is 204 Å². The van der Waals surface area contributed by atoms with E-state index < -0.39 is 20.2 Å². The average molecular weight is 778 g/mol. The van der Waals surface area contributed by atoms with Gasteiger partial charge in [-0.05, 0) is 112 Å². The third-order valence-corrected chi connectivity index (χ3v) is 13.8. The summed E-state index contributed by atoms with van der Waals surface area (Å²) in [6, 6.07) is 53.7. The Hall–Kier alpha value is -7.00. The van der Waals surface area contributed by atoms with Crippen molar-refractivity contribution >= 4 is 67.5 Å². The molecule has 0 N–H and O–H groups in total. The Kier molecular flexibility index (Phi) is 6.66. The van der Waals surface area contributed by atoms with Crippen molar-refractivity contribution in [3.63, 3.8) is 0 Å². The summed E-state index contributed by atoms with van der Waals surface area (Å²) < 4.78 is 66.6. The number of fused-ring (bicyclic) bond motifs is 6. The second-order valence-corrected chi connectivity index (χ2v) is 21.4. The van der Waals surface area contributed by atoms with Crippen LogP contribution in [0.2, 0.25) is 19.6 Å². The van der Waals surface area contributed by atoms with Crippen LogP contribution in [0.4, 0.5) is 0 Å². The van der Waals surface area contributed by atoms with Gasteiger partial charge < -0.3 is 4.42 Å². The Labute approximate surface area is 355 Å². The third kappa shape index (κ3) is 5.90. The monoisotopic (exact) mass is 777 g/mol. The summed E-state index contributed by atoms with van der Waals surface area (Å²) >= 11 is 0. The Balaban J connectivity index is 1.18. The van der Waals surface area contributed by atoms with Crippen molar-refractivity contribution in [2.24, 2.45) is 0 Å². The highest BCUT2D eigenvalue weighted by Crippen LogP contribution is 2.49. The molecule has 11 aromatic rings. The van der Waals surface area contributed by atoms with Crippen molar-refractivity contribution in [2.45, 2.75) is 19.6 Å². The molecule has 0 unspecified atom stereocenters. The maximum absolute atomic E-state index is 9.12. The van der Waals surface area contributed by atoms with Gasteiger partial charge in [-0.15, -0.1) is 0 Å². The molecule has 0 spiro atoms. The molecule has 0 saturated carbocycles. The summed E-state index contributed by atoms with van der Waals surface area (Å²) in [6.45, 7) is 7.17. The molecule has 0 radical (unpaired) electrons. The number of hydrogen-bond acceptors (Lipinski definition) is 1. The molecule has 0 aliphatic rings. The molecule has 0 amide bonds. The fraction of sp³-hybridized carbons (Fsp3) is 0.0526. The van der Waals surface area contributed by atoms with Gasteiger partial charge in [0.1, 0.15) is 11.2 Å². The van der Waals surface area contributed by atoms with Gasteiger partial charge in [-0.3, -0.25) is 0 Å². The summed E-state index contributed by atoms with van der Waals surface area (Å²) in [5.74, 6) is 0. The molecular weight excluding hydrogens is 729 g/mol. The van der Waals surface area contributed by atoms with E-state index in [2.05, 4.69) is 159 Å². The predicted molar refractivity (Wildman–Crippen MR) is 256 cm³/mol. The van der Waals surface area contributed by atoms with Gasteiger partial charge in [0.2, 0.25) is 0 Å². The summed E-state index contributed by atoms with van der Waals surface area (Å²) in [5.41, 5.74) is 9.96. The van der Waals surface area contributed by atoms with Crippen LogP contribution in [0.5, 0.6) is 0 Å². The fourth-order valence-electron chi connectivity index (χ4n) is 8.90. The first-order valence-electron chi connectivity index (χ1n) is 23.5. The van der Waals surface area contributed by atoms with Gasteiger partial charge in [-0.2, -0.15) is 0 Å². The zero-order valence-electron chi connectivity index (χ0n) is 39.9. The highest BCUT2D eigenvalue weighted by atomic mass is 28.3. The average Bonchev–Trinajstić information content (AvgIpc) is 3.74. The Morgan fingerprint density at radius 2 is 0.983 bits per heavy atom.